The normalized spacial score (nSPS) is 13.7. The van der Waals surface area contributed by atoms with Crippen molar-refractivity contribution in [1.82, 2.24) is 0 Å². The molecule has 0 amide bonds. The van der Waals surface area contributed by atoms with Crippen LogP contribution in [-0.2, 0) is 49.7 Å². The Labute approximate surface area is 759 Å². The fourth-order valence-electron chi connectivity index (χ4n) is 19.6. The molecule has 127 heavy (non-hydrogen) atoms. The summed E-state index contributed by atoms with van der Waals surface area (Å²) in [5.74, 6) is -0.179. The first-order valence-corrected chi connectivity index (χ1v) is 46.3. The van der Waals surface area contributed by atoms with Gasteiger partial charge >= 0.3 is 0 Å². The van der Waals surface area contributed by atoms with Gasteiger partial charge in [-0.1, -0.05) is 421 Å². The molecule has 0 aromatic heterocycles. The van der Waals surface area contributed by atoms with Gasteiger partial charge in [-0.15, -0.1) is 0 Å². The van der Waals surface area contributed by atoms with Crippen LogP contribution in [0.3, 0.4) is 0 Å². The van der Waals surface area contributed by atoms with Crippen LogP contribution < -0.4 is 14.7 Å². The molecular weight excluding hydrogens is 1530 g/mol. The molecule has 0 saturated heterocycles. The molecule has 0 atom stereocenters. The van der Waals surface area contributed by atoms with E-state index in [1.807, 2.05) is 0 Å². The van der Waals surface area contributed by atoms with Crippen molar-refractivity contribution in [2.45, 2.75) is 222 Å². The Morgan fingerprint density at radius 3 is 0.732 bits per heavy atom. The van der Waals surface area contributed by atoms with E-state index < -0.39 is 0 Å². The van der Waals surface area contributed by atoms with Gasteiger partial charge in [0.05, 0.1) is 51.2 Å². The number of nitrogens with zero attached hydrogens (tertiary/aromatic N) is 3. The van der Waals surface area contributed by atoms with Crippen molar-refractivity contribution in [1.29, 1.82) is 0 Å². The van der Waals surface area contributed by atoms with Crippen molar-refractivity contribution in [3.8, 4) is 89.0 Å². The Morgan fingerprint density at radius 1 is 0.181 bits per heavy atom. The Morgan fingerprint density at radius 2 is 0.433 bits per heavy atom. The molecular formula is C124H127N3. The highest BCUT2D eigenvalue weighted by Gasteiger charge is 2.45. The highest BCUT2D eigenvalue weighted by molar-refractivity contribution is 6.18. The molecule has 15 aromatic carbocycles. The molecule has 2 aliphatic heterocycles. The second kappa shape index (κ2) is 31.3. The van der Waals surface area contributed by atoms with Gasteiger partial charge in [-0.25, -0.2) is 0 Å². The fourth-order valence-corrected chi connectivity index (χ4v) is 19.6. The average molecular weight is 1660 g/mol. The van der Waals surface area contributed by atoms with E-state index in [1.165, 1.54) is 106 Å². The van der Waals surface area contributed by atoms with Crippen molar-refractivity contribution >= 4 is 51.2 Å². The van der Waals surface area contributed by atoms with E-state index in [9.17, 15) is 0 Å². The van der Waals surface area contributed by atoms with Crippen LogP contribution in [0.25, 0.3) is 89.0 Å². The van der Waals surface area contributed by atoms with Crippen molar-refractivity contribution in [3.63, 3.8) is 0 Å². The van der Waals surface area contributed by atoms with Crippen molar-refractivity contribution in [2.75, 3.05) is 14.7 Å². The van der Waals surface area contributed by atoms with Crippen LogP contribution >= 0.6 is 0 Å². The van der Waals surface area contributed by atoms with Gasteiger partial charge in [-0.05, 0) is 249 Å². The summed E-state index contributed by atoms with van der Waals surface area (Å²) < 4.78 is 0. The topological polar surface area (TPSA) is 9.72 Å². The smallest absolute Gasteiger partial charge is 0.0948 e. The standard InChI is InChI=1S/C124H127N3/c1-117(2,3)89-53-43-80(44-54-89)103-74-95(123(19,20)21)75-104(81-45-55-90(56-46-81)118(4,5)6)114(103)125-107-65-51-86(97-63-61-93(121(13,14)15)72-101(97)78-35-27-25-28-36-78)68-109(107)127-110-69-87(98-64-62-94(122(16,17)18)73-102(98)79-37-29-26-30-38-79)52-66-108(110)126(112-71-88(70-111(125)116(112)127)113-99-41-33-31-39-84(99)67-85-40-32-34-42-100(85)113)115-105(82-47-57-91(58-48-82)119(7,8)9)76-96(124(22,23)24)77-106(115)83-49-59-92(60-50-83)120(10,11)12/h25-66,68-77,113H,67H2,1-24H3. The highest BCUT2D eigenvalue weighted by Crippen LogP contribution is 2.68. The summed E-state index contributed by atoms with van der Waals surface area (Å²) in [6.45, 7) is 56.5. The summed E-state index contributed by atoms with van der Waals surface area (Å²) in [5, 5.41) is 0. The number of benzene rings is 15. The number of hydrogen-bond acceptors (Lipinski definition) is 3. The van der Waals surface area contributed by atoms with Gasteiger partial charge in [0.25, 0.3) is 0 Å². The molecule has 0 bridgehead atoms. The molecule has 3 aliphatic rings. The predicted molar refractivity (Wildman–Crippen MR) is 547 cm³/mol. The molecule has 1 aliphatic carbocycles. The van der Waals surface area contributed by atoms with E-state index in [4.69, 9.17) is 0 Å². The van der Waals surface area contributed by atoms with E-state index in [2.05, 4.69) is 496 Å². The van der Waals surface area contributed by atoms with E-state index in [0.29, 0.717) is 0 Å². The summed E-state index contributed by atoms with van der Waals surface area (Å²) in [6, 6.07) is 125. The maximum absolute atomic E-state index is 2.78. The van der Waals surface area contributed by atoms with Crippen LogP contribution in [0.15, 0.2) is 315 Å². The van der Waals surface area contributed by atoms with Crippen molar-refractivity contribution in [3.05, 3.63) is 388 Å². The lowest BCUT2D eigenvalue weighted by Crippen LogP contribution is -2.32. The molecule has 3 heteroatoms. The van der Waals surface area contributed by atoms with Crippen LogP contribution in [-0.4, -0.2) is 0 Å². The molecule has 0 radical (unpaired) electrons. The molecule has 0 N–H and O–H groups in total. The number of rotatable bonds is 11. The average Bonchev–Trinajstić information content (AvgIpc) is 0.682. The Balaban J connectivity index is 1.08. The zero-order valence-corrected chi connectivity index (χ0v) is 79.6. The largest absolute Gasteiger partial charge is 0.305 e. The summed E-state index contributed by atoms with van der Waals surface area (Å²) in [4.78, 5) is 8.30. The lowest BCUT2D eigenvalue weighted by molar-refractivity contribution is 0.589. The lowest BCUT2D eigenvalue weighted by Gasteiger charge is -2.49. The van der Waals surface area contributed by atoms with Crippen LogP contribution in [0.5, 0.6) is 0 Å². The molecule has 3 nitrogen and oxygen atoms in total. The predicted octanol–water partition coefficient (Wildman–Crippen LogP) is 35.5. The SMILES string of the molecule is CC(C)(C)c1ccc(-c2cc(C(C)(C)C)cc(-c3ccc(C(C)(C)C)cc3)c2N2c3ccc(-c4ccc(C(C)(C)C)cc4-c4ccccc4)cc3N3c4cc(-c5ccc(C(C)(C)C)cc5-c5ccccc5)ccc4N(c4c(-c5ccc(C(C)(C)C)cc5)cc(C(C)(C)C)cc4-c4ccc(C(C)(C)C)cc4)c4cc(C5c6ccccc6Cc6ccccc65)cc2c43)cc1. The van der Waals surface area contributed by atoms with Crippen LogP contribution in [0, 0.1) is 0 Å². The zero-order valence-electron chi connectivity index (χ0n) is 79.6. The van der Waals surface area contributed by atoms with Gasteiger partial charge in [0.2, 0.25) is 0 Å². The molecule has 0 saturated carbocycles. The number of fused-ring (bicyclic) bond motifs is 6. The minimum absolute atomic E-state index is 0.0928. The molecule has 0 spiro atoms. The molecule has 15 aromatic rings. The van der Waals surface area contributed by atoms with E-state index >= 15 is 0 Å². The second-order valence-corrected chi connectivity index (χ2v) is 44.7. The quantitative estimate of drug-likeness (QED) is 0.128. The first-order valence-electron chi connectivity index (χ1n) is 46.3. The van der Waals surface area contributed by atoms with E-state index in [-0.39, 0.29) is 49.2 Å². The van der Waals surface area contributed by atoms with E-state index in [1.54, 1.807) is 0 Å². The van der Waals surface area contributed by atoms with E-state index in [0.717, 1.165) is 113 Å². The molecule has 638 valence electrons. The maximum atomic E-state index is 2.78. The third-order valence-electron chi connectivity index (χ3n) is 27.4. The van der Waals surface area contributed by atoms with Crippen molar-refractivity contribution in [2.24, 2.45) is 0 Å². The number of hydrogen-bond donors (Lipinski definition) is 0. The zero-order chi connectivity index (χ0) is 89.7. The Bertz CT molecular complexity index is 6170. The molecule has 2 heterocycles. The Kier molecular flexibility index (Phi) is 21.1. The Hall–Kier alpha value is -12.3. The molecule has 18 rings (SSSR count). The molecule has 0 unspecified atom stereocenters. The van der Waals surface area contributed by atoms with Crippen LogP contribution in [0.1, 0.15) is 244 Å². The first kappa shape index (κ1) is 85.5. The minimum atomic E-state index is -0.266. The van der Waals surface area contributed by atoms with Crippen LogP contribution in [0.4, 0.5) is 51.2 Å². The van der Waals surface area contributed by atoms with Crippen LogP contribution in [0.2, 0.25) is 0 Å². The van der Waals surface area contributed by atoms with Gasteiger partial charge in [0.1, 0.15) is 0 Å². The first-order chi connectivity index (χ1) is 60.0. The minimum Gasteiger partial charge on any atom is -0.305 e. The monoisotopic (exact) mass is 1660 g/mol. The summed E-state index contributed by atoms with van der Waals surface area (Å²) in [5.41, 5.74) is 44.0. The van der Waals surface area contributed by atoms with Gasteiger partial charge in [0, 0.05) is 28.2 Å². The maximum Gasteiger partial charge on any atom is 0.0948 e. The van der Waals surface area contributed by atoms with Gasteiger partial charge in [0.15, 0.2) is 0 Å². The van der Waals surface area contributed by atoms with Gasteiger partial charge in [-0.2, -0.15) is 0 Å². The summed E-state index contributed by atoms with van der Waals surface area (Å²) in [7, 11) is 0. The summed E-state index contributed by atoms with van der Waals surface area (Å²) >= 11 is 0. The third-order valence-corrected chi connectivity index (χ3v) is 27.4. The second-order valence-electron chi connectivity index (χ2n) is 44.7. The highest BCUT2D eigenvalue weighted by atomic mass is 15.3. The number of anilines is 9. The van der Waals surface area contributed by atoms with Gasteiger partial charge in [-0.3, -0.25) is 0 Å². The third kappa shape index (κ3) is 16.0. The van der Waals surface area contributed by atoms with Crippen molar-refractivity contribution < 1.29 is 0 Å². The fraction of sp³-hybridized carbons (Fsp3) is 0.274. The summed E-state index contributed by atoms with van der Waals surface area (Å²) in [6.07, 6.45) is 0.845. The molecule has 0 fully saturated rings. The lowest BCUT2D eigenvalue weighted by atomic mass is 9.74. The van der Waals surface area contributed by atoms with Gasteiger partial charge < -0.3 is 14.7 Å².